The Hall–Kier alpha value is -1.43. The molecule has 108 valence electrons. The normalized spacial score (nSPS) is 14.4. The molecule has 1 N–H and O–H groups in total. The lowest BCUT2D eigenvalue weighted by molar-refractivity contribution is -0.386. The zero-order chi connectivity index (χ0) is 14.6. The highest BCUT2D eigenvalue weighted by molar-refractivity contribution is 5.43. The van der Waals surface area contributed by atoms with E-state index in [0.717, 1.165) is 18.7 Å². The summed E-state index contributed by atoms with van der Waals surface area (Å²) in [5.41, 5.74) is 1.39. The Labute approximate surface area is 114 Å². The second-order valence-corrected chi connectivity index (χ2v) is 4.92. The first-order chi connectivity index (χ1) is 8.93. The van der Waals surface area contributed by atoms with Crippen LogP contribution in [0.2, 0.25) is 0 Å². The molecule has 0 saturated carbocycles. The van der Waals surface area contributed by atoms with Gasteiger partial charge in [0, 0.05) is 18.5 Å². The SMILES string of the molecule is CCCNC(C)C(C)c1c([N+](=O)[O-])c(C)nn1CC. The number of nitrogens with one attached hydrogen (secondary N) is 1. The summed E-state index contributed by atoms with van der Waals surface area (Å²) in [6, 6.07) is 0.181. The fraction of sp³-hybridized carbons (Fsp3) is 0.769. The van der Waals surface area contributed by atoms with E-state index in [1.54, 1.807) is 11.6 Å². The van der Waals surface area contributed by atoms with Crippen molar-refractivity contribution in [2.45, 2.75) is 59.5 Å². The lowest BCUT2D eigenvalue weighted by Crippen LogP contribution is -2.32. The third-order valence-corrected chi connectivity index (χ3v) is 3.51. The third kappa shape index (κ3) is 3.32. The van der Waals surface area contributed by atoms with Crippen LogP contribution in [0.1, 0.15) is 51.4 Å². The molecule has 0 aliphatic carbocycles. The summed E-state index contributed by atoms with van der Waals surface area (Å²) in [5, 5.41) is 18.9. The van der Waals surface area contributed by atoms with Crippen LogP contribution in [0.4, 0.5) is 5.69 Å². The average Bonchev–Trinajstić information content (AvgIpc) is 2.71. The molecule has 1 aromatic heterocycles. The van der Waals surface area contributed by atoms with Crippen LogP contribution in [-0.4, -0.2) is 27.3 Å². The van der Waals surface area contributed by atoms with Gasteiger partial charge < -0.3 is 5.32 Å². The predicted octanol–water partition coefficient (Wildman–Crippen LogP) is 2.61. The van der Waals surface area contributed by atoms with Crippen molar-refractivity contribution in [3.8, 4) is 0 Å². The molecular formula is C13H24N4O2. The van der Waals surface area contributed by atoms with Crippen molar-refractivity contribution in [3.63, 3.8) is 0 Å². The van der Waals surface area contributed by atoms with Gasteiger partial charge in [-0.2, -0.15) is 5.10 Å². The predicted molar refractivity (Wildman–Crippen MR) is 75.5 cm³/mol. The Morgan fingerprint density at radius 1 is 1.42 bits per heavy atom. The van der Waals surface area contributed by atoms with E-state index in [1.807, 2.05) is 13.8 Å². The summed E-state index contributed by atoms with van der Waals surface area (Å²) in [6.45, 7) is 11.4. The number of aromatic nitrogens is 2. The minimum atomic E-state index is -0.313. The van der Waals surface area contributed by atoms with Gasteiger partial charge in [0.15, 0.2) is 0 Å². The van der Waals surface area contributed by atoms with Crippen LogP contribution < -0.4 is 5.32 Å². The second-order valence-electron chi connectivity index (χ2n) is 4.92. The Morgan fingerprint density at radius 2 is 2.05 bits per heavy atom. The lowest BCUT2D eigenvalue weighted by Gasteiger charge is -2.21. The summed E-state index contributed by atoms with van der Waals surface area (Å²) in [5.74, 6) is 0.0492. The van der Waals surface area contributed by atoms with Crippen molar-refractivity contribution >= 4 is 5.69 Å². The van der Waals surface area contributed by atoms with Crippen molar-refractivity contribution in [3.05, 3.63) is 21.5 Å². The van der Waals surface area contributed by atoms with Crippen LogP contribution in [0.25, 0.3) is 0 Å². The van der Waals surface area contributed by atoms with Gasteiger partial charge >= 0.3 is 5.69 Å². The quantitative estimate of drug-likeness (QED) is 0.609. The van der Waals surface area contributed by atoms with E-state index < -0.39 is 0 Å². The van der Waals surface area contributed by atoms with Gasteiger partial charge in [-0.05, 0) is 33.7 Å². The Bertz CT molecular complexity index is 442. The molecule has 0 aliphatic heterocycles. The van der Waals surface area contributed by atoms with E-state index in [4.69, 9.17) is 0 Å². The molecule has 1 heterocycles. The van der Waals surface area contributed by atoms with E-state index in [9.17, 15) is 10.1 Å². The summed E-state index contributed by atoms with van der Waals surface area (Å²) in [7, 11) is 0. The van der Waals surface area contributed by atoms with E-state index in [1.165, 1.54) is 0 Å². The van der Waals surface area contributed by atoms with Gasteiger partial charge in [0.25, 0.3) is 0 Å². The standard InChI is InChI=1S/C13H24N4O2/c1-6-8-14-10(4)9(3)12-13(17(18)19)11(5)15-16(12)7-2/h9-10,14H,6-8H2,1-5H3. The molecule has 0 saturated heterocycles. The molecule has 1 aromatic rings. The molecule has 2 unspecified atom stereocenters. The molecular weight excluding hydrogens is 244 g/mol. The van der Waals surface area contributed by atoms with Gasteiger partial charge in [0.05, 0.1) is 4.92 Å². The monoisotopic (exact) mass is 268 g/mol. The molecule has 0 bridgehead atoms. The van der Waals surface area contributed by atoms with Gasteiger partial charge in [-0.15, -0.1) is 0 Å². The topological polar surface area (TPSA) is 73.0 Å². The average molecular weight is 268 g/mol. The van der Waals surface area contributed by atoms with E-state index in [-0.39, 0.29) is 22.6 Å². The van der Waals surface area contributed by atoms with E-state index in [2.05, 4.69) is 24.3 Å². The summed E-state index contributed by atoms with van der Waals surface area (Å²) in [6.07, 6.45) is 1.05. The highest BCUT2D eigenvalue weighted by Crippen LogP contribution is 2.31. The zero-order valence-electron chi connectivity index (χ0n) is 12.4. The van der Waals surface area contributed by atoms with Gasteiger partial charge in [0.2, 0.25) is 0 Å². The largest absolute Gasteiger partial charge is 0.314 e. The minimum absolute atomic E-state index is 0.0492. The molecule has 0 aromatic carbocycles. The smallest absolute Gasteiger partial charge is 0.313 e. The highest BCUT2D eigenvalue weighted by atomic mass is 16.6. The molecule has 2 atom stereocenters. The number of nitro groups is 1. The first kappa shape index (κ1) is 15.6. The Balaban J connectivity index is 3.12. The van der Waals surface area contributed by atoms with Crippen molar-refractivity contribution in [1.82, 2.24) is 15.1 Å². The van der Waals surface area contributed by atoms with Crippen molar-refractivity contribution in [2.75, 3.05) is 6.54 Å². The van der Waals surface area contributed by atoms with Crippen molar-refractivity contribution in [2.24, 2.45) is 0 Å². The van der Waals surface area contributed by atoms with Crippen LogP contribution in [0, 0.1) is 17.0 Å². The molecule has 0 fully saturated rings. The number of hydrogen-bond acceptors (Lipinski definition) is 4. The van der Waals surface area contributed by atoms with Crippen molar-refractivity contribution in [1.29, 1.82) is 0 Å². The van der Waals surface area contributed by atoms with Crippen LogP contribution >= 0.6 is 0 Å². The Morgan fingerprint density at radius 3 is 2.53 bits per heavy atom. The zero-order valence-corrected chi connectivity index (χ0v) is 12.4. The van der Waals surface area contributed by atoms with Crippen molar-refractivity contribution < 1.29 is 4.92 Å². The van der Waals surface area contributed by atoms with Gasteiger partial charge in [0.1, 0.15) is 11.4 Å². The lowest BCUT2D eigenvalue weighted by atomic mass is 9.97. The molecule has 6 heteroatoms. The van der Waals surface area contributed by atoms with Gasteiger partial charge in [-0.1, -0.05) is 13.8 Å². The number of nitrogens with zero attached hydrogens (tertiary/aromatic N) is 3. The van der Waals surface area contributed by atoms with Crippen LogP contribution in [0.5, 0.6) is 0 Å². The highest BCUT2D eigenvalue weighted by Gasteiger charge is 2.30. The first-order valence-corrected chi connectivity index (χ1v) is 6.89. The molecule has 0 spiro atoms. The second kappa shape index (κ2) is 6.65. The molecule has 6 nitrogen and oxygen atoms in total. The van der Waals surface area contributed by atoms with Crippen LogP contribution in [0.15, 0.2) is 0 Å². The fourth-order valence-corrected chi connectivity index (χ4v) is 2.29. The Kier molecular flexibility index (Phi) is 5.47. The molecule has 0 radical (unpaired) electrons. The number of hydrogen-bond donors (Lipinski definition) is 1. The van der Waals surface area contributed by atoms with Gasteiger partial charge in [-0.25, -0.2) is 0 Å². The maximum absolute atomic E-state index is 11.2. The summed E-state index contributed by atoms with van der Waals surface area (Å²) in [4.78, 5) is 10.9. The number of aryl methyl sites for hydroxylation is 2. The molecule has 19 heavy (non-hydrogen) atoms. The third-order valence-electron chi connectivity index (χ3n) is 3.51. The maximum atomic E-state index is 11.2. The first-order valence-electron chi connectivity index (χ1n) is 6.89. The van der Waals surface area contributed by atoms with Crippen LogP contribution in [0.3, 0.4) is 0 Å². The maximum Gasteiger partial charge on any atom is 0.313 e. The molecule has 1 rings (SSSR count). The van der Waals surface area contributed by atoms with Crippen LogP contribution in [-0.2, 0) is 6.54 Å². The summed E-state index contributed by atoms with van der Waals surface area (Å²) >= 11 is 0. The molecule has 0 amide bonds. The molecule has 0 aliphatic rings. The van der Waals surface area contributed by atoms with Gasteiger partial charge in [-0.3, -0.25) is 14.8 Å². The fourth-order valence-electron chi connectivity index (χ4n) is 2.29. The summed E-state index contributed by atoms with van der Waals surface area (Å²) < 4.78 is 1.75. The van der Waals surface area contributed by atoms with E-state index in [0.29, 0.717) is 12.2 Å². The minimum Gasteiger partial charge on any atom is -0.314 e. The van der Waals surface area contributed by atoms with E-state index >= 15 is 0 Å². The number of rotatable bonds is 7.